The standard InChI is InChI=1S/C68H46/c1-5-19-45(20-6-1)49-35-37-53-43-63(65(61(53)41-49)47-23-9-3-10-24-47)51-27-17-29-55(39-51)67-57-31-13-15-33-59(57)68(60-34-16-14-32-58(60)67)56-30-18-28-52(40-56)64-44-54-38-36-50(46-21-7-2-8-22-46)42-62(54)66(64)48-25-11-4-12-26-48/h1-42H,43-44H2. The Morgan fingerprint density at radius 1 is 0.206 bits per heavy atom. The summed E-state index contributed by atoms with van der Waals surface area (Å²) in [5.74, 6) is 0. The zero-order chi connectivity index (χ0) is 45.0. The summed E-state index contributed by atoms with van der Waals surface area (Å²) in [5.41, 5.74) is 25.8. The fourth-order valence-corrected chi connectivity index (χ4v) is 11.3. The van der Waals surface area contributed by atoms with Crippen LogP contribution in [0.15, 0.2) is 255 Å². The Labute approximate surface area is 398 Å². The molecule has 2 aliphatic rings. The second-order valence-corrected chi connectivity index (χ2v) is 18.3. The number of rotatable bonds is 8. The second kappa shape index (κ2) is 16.7. The van der Waals surface area contributed by atoms with Gasteiger partial charge in [0.1, 0.15) is 0 Å². The first-order chi connectivity index (χ1) is 33.7. The topological polar surface area (TPSA) is 0 Å². The zero-order valence-corrected chi connectivity index (χ0v) is 37.7. The van der Waals surface area contributed by atoms with Gasteiger partial charge in [-0.25, -0.2) is 0 Å². The molecule has 0 bridgehead atoms. The van der Waals surface area contributed by atoms with E-state index in [0.29, 0.717) is 0 Å². The molecule has 0 radical (unpaired) electrons. The van der Waals surface area contributed by atoms with Crippen molar-refractivity contribution in [3.8, 4) is 44.5 Å². The molecule has 0 heterocycles. The predicted octanol–water partition coefficient (Wildman–Crippen LogP) is 17.7. The summed E-state index contributed by atoms with van der Waals surface area (Å²) in [6.07, 6.45) is 1.77. The van der Waals surface area contributed by atoms with E-state index in [1.165, 1.54) is 133 Å². The van der Waals surface area contributed by atoms with Gasteiger partial charge in [-0.1, -0.05) is 231 Å². The molecule has 0 fully saturated rings. The Kier molecular flexibility index (Phi) is 9.76. The highest BCUT2D eigenvalue weighted by Gasteiger charge is 2.27. The third-order valence-electron chi connectivity index (χ3n) is 14.4. The van der Waals surface area contributed by atoms with E-state index < -0.39 is 0 Å². The number of fused-ring (bicyclic) bond motifs is 4. The molecular weight excluding hydrogens is 817 g/mol. The van der Waals surface area contributed by atoms with Gasteiger partial charge in [0.05, 0.1) is 0 Å². The van der Waals surface area contributed by atoms with Crippen LogP contribution in [0.25, 0.3) is 88.3 Å². The fourth-order valence-electron chi connectivity index (χ4n) is 11.3. The van der Waals surface area contributed by atoms with Crippen molar-refractivity contribution in [1.82, 2.24) is 0 Å². The molecule has 0 unspecified atom stereocenters. The zero-order valence-electron chi connectivity index (χ0n) is 37.7. The predicted molar refractivity (Wildman–Crippen MR) is 288 cm³/mol. The maximum absolute atomic E-state index is 2.45. The van der Waals surface area contributed by atoms with Crippen LogP contribution in [-0.4, -0.2) is 0 Å². The van der Waals surface area contributed by atoms with Crippen molar-refractivity contribution >= 4 is 43.8 Å². The molecule has 0 saturated carbocycles. The van der Waals surface area contributed by atoms with E-state index in [2.05, 4.69) is 255 Å². The molecule has 0 heteroatoms. The van der Waals surface area contributed by atoms with Crippen molar-refractivity contribution in [2.45, 2.75) is 12.8 Å². The summed E-state index contributed by atoms with van der Waals surface area (Å²) in [4.78, 5) is 0. The molecule has 318 valence electrons. The molecule has 2 aliphatic carbocycles. The summed E-state index contributed by atoms with van der Waals surface area (Å²) >= 11 is 0. The van der Waals surface area contributed by atoms with Gasteiger partial charge < -0.3 is 0 Å². The molecule has 11 aromatic rings. The van der Waals surface area contributed by atoms with Crippen molar-refractivity contribution in [1.29, 1.82) is 0 Å². The molecule has 0 nitrogen and oxygen atoms in total. The first kappa shape index (κ1) is 39.8. The molecule has 13 rings (SSSR count). The Balaban J connectivity index is 0.960. The Morgan fingerprint density at radius 3 is 0.882 bits per heavy atom. The summed E-state index contributed by atoms with van der Waals surface area (Å²) in [6.45, 7) is 0. The number of hydrogen-bond donors (Lipinski definition) is 0. The van der Waals surface area contributed by atoms with Crippen molar-refractivity contribution in [2.24, 2.45) is 0 Å². The molecule has 0 saturated heterocycles. The van der Waals surface area contributed by atoms with E-state index in [1.807, 2.05) is 0 Å². The quantitative estimate of drug-likeness (QED) is 0.134. The van der Waals surface area contributed by atoms with Gasteiger partial charge in [0.2, 0.25) is 0 Å². The van der Waals surface area contributed by atoms with Crippen LogP contribution < -0.4 is 0 Å². The molecule has 11 aromatic carbocycles. The summed E-state index contributed by atoms with van der Waals surface area (Å²) in [5, 5.41) is 5.03. The summed E-state index contributed by atoms with van der Waals surface area (Å²) in [6, 6.07) is 94.4. The SMILES string of the molecule is c1ccc(C2=C(c3cccc(-c4c5ccccc5c(-c5cccc(C6=C(c7ccccc7)c7cc(-c8ccccc8)ccc7C6)c5)c5ccccc45)c3)Cc3ccc(-c4ccccc4)cc32)cc1. The second-order valence-electron chi connectivity index (χ2n) is 18.3. The van der Waals surface area contributed by atoms with Gasteiger partial charge in [0, 0.05) is 0 Å². The van der Waals surface area contributed by atoms with Crippen LogP contribution in [0.2, 0.25) is 0 Å². The van der Waals surface area contributed by atoms with Crippen molar-refractivity contribution < 1.29 is 0 Å². The van der Waals surface area contributed by atoms with Crippen LogP contribution in [-0.2, 0) is 12.8 Å². The molecule has 0 aromatic heterocycles. The van der Waals surface area contributed by atoms with Crippen LogP contribution in [0.4, 0.5) is 0 Å². The fraction of sp³-hybridized carbons (Fsp3) is 0.0294. The minimum absolute atomic E-state index is 0.885. The minimum atomic E-state index is 0.885. The average Bonchev–Trinajstić information content (AvgIpc) is 4.00. The monoisotopic (exact) mass is 862 g/mol. The average molecular weight is 863 g/mol. The Bertz CT molecular complexity index is 3490. The number of benzene rings is 11. The van der Waals surface area contributed by atoms with Gasteiger partial charge in [-0.05, 0) is 170 Å². The van der Waals surface area contributed by atoms with Gasteiger partial charge in [0.15, 0.2) is 0 Å². The third kappa shape index (κ3) is 6.84. The van der Waals surface area contributed by atoms with Crippen LogP contribution >= 0.6 is 0 Å². The molecular formula is C68H46. The number of hydrogen-bond acceptors (Lipinski definition) is 0. The number of allylic oxidation sites excluding steroid dienone is 2. The lowest BCUT2D eigenvalue weighted by atomic mass is 9.84. The van der Waals surface area contributed by atoms with E-state index in [-0.39, 0.29) is 0 Å². The highest BCUT2D eigenvalue weighted by atomic mass is 14.3. The lowest BCUT2D eigenvalue weighted by Gasteiger charge is -2.19. The highest BCUT2D eigenvalue weighted by molar-refractivity contribution is 6.22. The van der Waals surface area contributed by atoms with Crippen LogP contribution in [0, 0.1) is 0 Å². The Morgan fingerprint density at radius 2 is 0.515 bits per heavy atom. The summed E-state index contributed by atoms with van der Waals surface area (Å²) < 4.78 is 0. The lowest BCUT2D eigenvalue weighted by Crippen LogP contribution is -1.94. The van der Waals surface area contributed by atoms with E-state index in [0.717, 1.165) is 12.8 Å². The van der Waals surface area contributed by atoms with Gasteiger partial charge in [0.25, 0.3) is 0 Å². The smallest absolute Gasteiger partial charge is 0.000727 e. The first-order valence-corrected chi connectivity index (χ1v) is 23.8. The van der Waals surface area contributed by atoms with E-state index in [4.69, 9.17) is 0 Å². The van der Waals surface area contributed by atoms with Gasteiger partial charge in [-0.15, -0.1) is 0 Å². The van der Waals surface area contributed by atoms with Crippen LogP contribution in [0.5, 0.6) is 0 Å². The van der Waals surface area contributed by atoms with Crippen molar-refractivity contribution in [3.63, 3.8) is 0 Å². The molecule has 0 spiro atoms. The lowest BCUT2D eigenvalue weighted by molar-refractivity contribution is 1.32. The molecule has 0 atom stereocenters. The molecule has 0 aliphatic heterocycles. The molecule has 0 amide bonds. The van der Waals surface area contributed by atoms with E-state index in [9.17, 15) is 0 Å². The minimum Gasteiger partial charge on any atom is -0.0622 e. The van der Waals surface area contributed by atoms with Crippen molar-refractivity contribution in [2.75, 3.05) is 0 Å². The molecule has 0 N–H and O–H groups in total. The van der Waals surface area contributed by atoms with Crippen molar-refractivity contribution in [3.05, 3.63) is 299 Å². The maximum Gasteiger partial charge on any atom is -0.000727 e. The van der Waals surface area contributed by atoms with Crippen LogP contribution in [0.1, 0.15) is 44.5 Å². The van der Waals surface area contributed by atoms with E-state index in [1.54, 1.807) is 0 Å². The van der Waals surface area contributed by atoms with Gasteiger partial charge >= 0.3 is 0 Å². The van der Waals surface area contributed by atoms with E-state index >= 15 is 0 Å². The largest absolute Gasteiger partial charge is 0.0622 e. The summed E-state index contributed by atoms with van der Waals surface area (Å²) in [7, 11) is 0. The maximum atomic E-state index is 2.45. The third-order valence-corrected chi connectivity index (χ3v) is 14.4. The molecule has 68 heavy (non-hydrogen) atoms. The Hall–Kier alpha value is -8.58. The first-order valence-electron chi connectivity index (χ1n) is 23.8. The highest BCUT2D eigenvalue weighted by Crippen LogP contribution is 2.49. The van der Waals surface area contributed by atoms with Gasteiger partial charge in [-0.2, -0.15) is 0 Å². The van der Waals surface area contributed by atoms with Gasteiger partial charge in [-0.3, -0.25) is 0 Å². The van der Waals surface area contributed by atoms with Crippen LogP contribution in [0.3, 0.4) is 0 Å². The normalized spacial score (nSPS) is 13.1.